The van der Waals surface area contributed by atoms with Gasteiger partial charge >= 0.3 is 0 Å². The minimum absolute atomic E-state index is 0.00431. The summed E-state index contributed by atoms with van der Waals surface area (Å²) in [4.78, 5) is 20.4. The molecule has 4 rings (SSSR count). The zero-order valence-corrected chi connectivity index (χ0v) is 15.6. The highest BCUT2D eigenvalue weighted by molar-refractivity contribution is 5.96. The van der Waals surface area contributed by atoms with Crippen molar-refractivity contribution in [1.29, 1.82) is 0 Å². The first-order valence-corrected chi connectivity index (χ1v) is 9.38. The molecule has 2 aromatic heterocycles. The van der Waals surface area contributed by atoms with Gasteiger partial charge in [0, 0.05) is 23.5 Å². The van der Waals surface area contributed by atoms with E-state index in [1.807, 2.05) is 0 Å². The van der Waals surface area contributed by atoms with Gasteiger partial charge in [-0.2, -0.15) is 4.98 Å². The molecular formula is C19H21FN8O. The van der Waals surface area contributed by atoms with Gasteiger partial charge in [0.15, 0.2) is 11.5 Å². The second-order valence-electron chi connectivity index (χ2n) is 7.08. The SMILES string of the molecule is NC(=O)c1nnc(N[C@@H]2CCCC[C@@H]2N)nc1Nc1cnc2cc(F)ccc2c1. The van der Waals surface area contributed by atoms with E-state index in [9.17, 15) is 9.18 Å². The van der Waals surface area contributed by atoms with E-state index in [2.05, 4.69) is 30.8 Å². The van der Waals surface area contributed by atoms with Crippen LogP contribution in [0.15, 0.2) is 30.5 Å². The predicted octanol–water partition coefficient (Wildman–Crippen LogP) is 2.08. The minimum atomic E-state index is -0.760. The van der Waals surface area contributed by atoms with Crippen LogP contribution in [-0.4, -0.2) is 38.2 Å². The summed E-state index contributed by atoms with van der Waals surface area (Å²) in [6, 6.07) is 6.12. The van der Waals surface area contributed by atoms with Crippen molar-refractivity contribution in [2.24, 2.45) is 11.5 Å². The summed E-state index contributed by atoms with van der Waals surface area (Å²) in [6.07, 6.45) is 5.53. The Kier molecular flexibility index (Phi) is 5.17. The lowest BCUT2D eigenvalue weighted by Gasteiger charge is -2.29. The third-order valence-electron chi connectivity index (χ3n) is 4.96. The molecule has 10 heteroatoms. The molecule has 0 radical (unpaired) electrons. The number of nitrogens with two attached hydrogens (primary N) is 2. The van der Waals surface area contributed by atoms with Crippen molar-refractivity contribution in [2.45, 2.75) is 37.8 Å². The smallest absolute Gasteiger partial charge is 0.273 e. The second-order valence-corrected chi connectivity index (χ2v) is 7.08. The third kappa shape index (κ3) is 4.21. The van der Waals surface area contributed by atoms with E-state index in [1.165, 1.54) is 18.3 Å². The van der Waals surface area contributed by atoms with E-state index >= 15 is 0 Å². The molecule has 0 spiro atoms. The van der Waals surface area contributed by atoms with Gasteiger partial charge in [-0.05, 0) is 31.0 Å². The average Bonchev–Trinajstić information content (AvgIpc) is 2.70. The summed E-state index contributed by atoms with van der Waals surface area (Å²) in [5.41, 5.74) is 12.5. The molecule has 2 heterocycles. The van der Waals surface area contributed by atoms with E-state index < -0.39 is 5.91 Å². The number of amides is 1. The lowest BCUT2D eigenvalue weighted by atomic mass is 9.91. The van der Waals surface area contributed by atoms with Crippen LogP contribution in [0.3, 0.4) is 0 Å². The number of carbonyl (C=O) groups excluding carboxylic acids is 1. The summed E-state index contributed by atoms with van der Waals surface area (Å²) >= 11 is 0. The monoisotopic (exact) mass is 396 g/mol. The average molecular weight is 396 g/mol. The Labute approximate surface area is 166 Å². The molecule has 1 aliphatic carbocycles. The number of halogens is 1. The van der Waals surface area contributed by atoms with Crippen LogP contribution in [0, 0.1) is 5.82 Å². The highest BCUT2D eigenvalue weighted by Crippen LogP contribution is 2.23. The van der Waals surface area contributed by atoms with Gasteiger partial charge in [-0.1, -0.05) is 12.8 Å². The largest absolute Gasteiger partial charge is 0.364 e. The summed E-state index contributed by atoms with van der Waals surface area (Å²) in [5.74, 6) is -0.707. The van der Waals surface area contributed by atoms with Crippen molar-refractivity contribution in [3.8, 4) is 0 Å². The maximum Gasteiger partial charge on any atom is 0.273 e. The molecule has 9 nitrogen and oxygen atoms in total. The number of fused-ring (bicyclic) bond motifs is 1. The Morgan fingerprint density at radius 1 is 1.17 bits per heavy atom. The van der Waals surface area contributed by atoms with Gasteiger partial charge in [0.2, 0.25) is 5.95 Å². The van der Waals surface area contributed by atoms with Gasteiger partial charge in [-0.15, -0.1) is 10.2 Å². The number of benzene rings is 1. The molecule has 1 aliphatic rings. The quantitative estimate of drug-likeness (QED) is 0.513. The van der Waals surface area contributed by atoms with Crippen molar-refractivity contribution in [1.82, 2.24) is 20.2 Å². The number of primary amides is 1. The number of nitrogens with zero attached hydrogens (tertiary/aromatic N) is 4. The molecule has 6 N–H and O–H groups in total. The molecule has 0 unspecified atom stereocenters. The van der Waals surface area contributed by atoms with Crippen LogP contribution in [0.2, 0.25) is 0 Å². The standard InChI is InChI=1S/C19H21FN8O/c20-11-6-5-10-7-12(9-23-15(10)8-11)24-18-16(17(22)29)27-28-19(26-18)25-14-4-2-1-3-13(14)21/h5-9,13-14H,1-4,21H2,(H2,22,29)(H2,24,25,26,28)/t13-,14+/m0/s1. The molecule has 1 fully saturated rings. The predicted molar refractivity (Wildman–Crippen MR) is 107 cm³/mol. The van der Waals surface area contributed by atoms with Gasteiger partial charge < -0.3 is 22.1 Å². The first-order chi connectivity index (χ1) is 14.0. The number of hydrogen-bond donors (Lipinski definition) is 4. The van der Waals surface area contributed by atoms with Crippen LogP contribution in [0.4, 0.5) is 21.8 Å². The molecule has 0 saturated heterocycles. The van der Waals surface area contributed by atoms with Gasteiger partial charge in [0.1, 0.15) is 5.82 Å². The first-order valence-electron chi connectivity index (χ1n) is 9.38. The van der Waals surface area contributed by atoms with Crippen LogP contribution < -0.4 is 22.1 Å². The summed E-state index contributed by atoms with van der Waals surface area (Å²) < 4.78 is 13.3. The highest BCUT2D eigenvalue weighted by atomic mass is 19.1. The lowest BCUT2D eigenvalue weighted by molar-refractivity contribution is 0.0995. The molecule has 0 aliphatic heterocycles. The van der Waals surface area contributed by atoms with Gasteiger partial charge in [0.25, 0.3) is 5.91 Å². The molecule has 3 aromatic rings. The summed E-state index contributed by atoms with van der Waals surface area (Å²) in [7, 11) is 0. The minimum Gasteiger partial charge on any atom is -0.364 e. The number of pyridine rings is 1. The van der Waals surface area contributed by atoms with Gasteiger partial charge in [-0.3, -0.25) is 9.78 Å². The van der Waals surface area contributed by atoms with Crippen LogP contribution in [0.5, 0.6) is 0 Å². The number of hydrogen-bond acceptors (Lipinski definition) is 8. The van der Waals surface area contributed by atoms with E-state index in [1.54, 1.807) is 12.1 Å². The van der Waals surface area contributed by atoms with Crippen LogP contribution in [-0.2, 0) is 0 Å². The highest BCUT2D eigenvalue weighted by Gasteiger charge is 2.23. The molecule has 0 bridgehead atoms. The number of rotatable bonds is 5. The molecular weight excluding hydrogens is 375 g/mol. The Balaban J connectivity index is 1.62. The maximum absolute atomic E-state index is 13.3. The Morgan fingerprint density at radius 3 is 2.79 bits per heavy atom. The lowest BCUT2D eigenvalue weighted by Crippen LogP contribution is -2.43. The summed E-state index contributed by atoms with van der Waals surface area (Å²) in [5, 5.41) is 14.8. The van der Waals surface area contributed by atoms with Crippen molar-refractivity contribution in [3.63, 3.8) is 0 Å². The fourth-order valence-electron chi connectivity index (χ4n) is 3.44. The molecule has 1 aromatic carbocycles. The number of nitrogens with one attached hydrogen (secondary N) is 2. The zero-order chi connectivity index (χ0) is 20.4. The molecule has 1 saturated carbocycles. The Morgan fingerprint density at radius 2 is 2.00 bits per heavy atom. The molecule has 150 valence electrons. The van der Waals surface area contributed by atoms with E-state index in [4.69, 9.17) is 11.5 Å². The van der Waals surface area contributed by atoms with Crippen LogP contribution in [0.25, 0.3) is 10.9 Å². The number of anilines is 3. The molecule has 1 amide bonds. The van der Waals surface area contributed by atoms with Crippen molar-refractivity contribution >= 4 is 34.3 Å². The van der Waals surface area contributed by atoms with Crippen LogP contribution in [0.1, 0.15) is 36.2 Å². The van der Waals surface area contributed by atoms with E-state index in [-0.39, 0.29) is 35.4 Å². The first kappa shape index (κ1) is 18.9. The summed E-state index contributed by atoms with van der Waals surface area (Å²) in [6.45, 7) is 0. The maximum atomic E-state index is 13.3. The van der Waals surface area contributed by atoms with Crippen LogP contribution >= 0.6 is 0 Å². The Bertz CT molecular complexity index is 1060. The molecule has 29 heavy (non-hydrogen) atoms. The Hall–Kier alpha value is -3.40. The third-order valence-corrected chi connectivity index (χ3v) is 4.96. The molecule has 2 atom stereocenters. The van der Waals surface area contributed by atoms with E-state index in [0.29, 0.717) is 11.2 Å². The zero-order valence-electron chi connectivity index (χ0n) is 15.6. The topological polar surface area (TPSA) is 145 Å². The number of aromatic nitrogens is 4. The normalized spacial score (nSPS) is 19.1. The second kappa shape index (κ2) is 7.92. The van der Waals surface area contributed by atoms with Gasteiger partial charge in [0.05, 0.1) is 17.4 Å². The van der Waals surface area contributed by atoms with Crippen molar-refractivity contribution in [2.75, 3.05) is 10.6 Å². The number of carbonyl (C=O) groups is 1. The van der Waals surface area contributed by atoms with Gasteiger partial charge in [-0.25, -0.2) is 4.39 Å². The fraction of sp³-hybridized carbons (Fsp3) is 0.316. The fourth-order valence-corrected chi connectivity index (χ4v) is 3.44. The van der Waals surface area contributed by atoms with E-state index in [0.717, 1.165) is 31.1 Å². The van der Waals surface area contributed by atoms with Crippen molar-refractivity contribution in [3.05, 3.63) is 42.0 Å². The van der Waals surface area contributed by atoms with Crippen molar-refractivity contribution < 1.29 is 9.18 Å².